The van der Waals surface area contributed by atoms with Gasteiger partial charge in [0.1, 0.15) is 0 Å². The van der Waals surface area contributed by atoms with Crippen LogP contribution in [0.3, 0.4) is 0 Å². The quantitative estimate of drug-likeness (QED) is 0.938. The van der Waals surface area contributed by atoms with Gasteiger partial charge in [0.05, 0.1) is 11.4 Å². The highest BCUT2D eigenvalue weighted by molar-refractivity contribution is 7.09. The number of nitrogens with zero attached hydrogens (tertiary/aromatic N) is 2. The van der Waals surface area contributed by atoms with Crippen molar-refractivity contribution < 1.29 is 9.59 Å². The predicted octanol–water partition coefficient (Wildman–Crippen LogP) is 2.66. The van der Waals surface area contributed by atoms with Gasteiger partial charge in [0, 0.05) is 43.2 Å². The molecule has 1 saturated heterocycles. The molecule has 0 radical (unpaired) electrons. The molecule has 1 aliphatic heterocycles. The summed E-state index contributed by atoms with van der Waals surface area (Å²) in [7, 11) is 0. The summed E-state index contributed by atoms with van der Waals surface area (Å²) in [5, 5.41) is 5.83. The van der Waals surface area contributed by atoms with E-state index in [1.54, 1.807) is 11.3 Å². The minimum absolute atomic E-state index is 0.0980. The minimum Gasteiger partial charge on any atom is -0.342 e. The first kappa shape index (κ1) is 15.7. The number of hydrogen-bond donors (Lipinski definition) is 1. The molecule has 1 aromatic heterocycles. The van der Waals surface area contributed by atoms with Gasteiger partial charge in [0.15, 0.2) is 0 Å². The lowest BCUT2D eigenvalue weighted by atomic mass is 10.1. The summed E-state index contributed by atoms with van der Waals surface area (Å²) in [5.74, 6) is 0.427. The highest BCUT2D eigenvalue weighted by Gasteiger charge is 2.28. The zero-order valence-corrected chi connectivity index (χ0v) is 13.8. The third kappa shape index (κ3) is 3.96. The van der Waals surface area contributed by atoms with Crippen molar-refractivity contribution in [2.45, 2.75) is 25.7 Å². The second kappa shape index (κ2) is 6.91. The summed E-state index contributed by atoms with van der Waals surface area (Å²) in [6.45, 7) is 3.03. The number of likely N-dealkylation sites (tertiary alicyclic amines) is 1. The molecule has 1 aromatic carbocycles. The molecule has 1 aliphatic rings. The monoisotopic (exact) mass is 329 g/mol. The number of amides is 2. The van der Waals surface area contributed by atoms with E-state index in [0.717, 1.165) is 35.8 Å². The number of rotatable bonds is 4. The van der Waals surface area contributed by atoms with Crippen LogP contribution in [0.15, 0.2) is 35.8 Å². The van der Waals surface area contributed by atoms with Gasteiger partial charge in [-0.1, -0.05) is 12.1 Å². The van der Waals surface area contributed by atoms with E-state index in [4.69, 9.17) is 0 Å². The van der Waals surface area contributed by atoms with Crippen molar-refractivity contribution in [2.24, 2.45) is 0 Å². The molecule has 1 fully saturated rings. The van der Waals surface area contributed by atoms with Crippen molar-refractivity contribution in [3.05, 3.63) is 46.4 Å². The summed E-state index contributed by atoms with van der Waals surface area (Å²) in [6.07, 6.45) is 3.20. The van der Waals surface area contributed by atoms with Crippen molar-refractivity contribution in [1.82, 2.24) is 9.88 Å². The van der Waals surface area contributed by atoms with Gasteiger partial charge in [0.2, 0.25) is 11.8 Å². The van der Waals surface area contributed by atoms with Crippen LogP contribution in [-0.4, -0.2) is 34.8 Å². The predicted molar refractivity (Wildman–Crippen MR) is 90.5 cm³/mol. The van der Waals surface area contributed by atoms with E-state index >= 15 is 0 Å². The Morgan fingerprint density at radius 2 is 2.13 bits per heavy atom. The van der Waals surface area contributed by atoms with E-state index in [9.17, 15) is 9.59 Å². The maximum absolute atomic E-state index is 12.4. The van der Waals surface area contributed by atoms with Gasteiger partial charge in [-0.3, -0.25) is 9.59 Å². The average Bonchev–Trinajstić information content (AvgIpc) is 3.19. The zero-order valence-electron chi connectivity index (χ0n) is 13.0. The SMILES string of the molecule is CC(=O)Nc1ccc(CC(=O)N2CC[C@H](c3nccs3)C2)cc1. The standard InChI is InChI=1S/C17H19N3O2S/c1-12(21)19-15-4-2-13(3-5-15)10-16(22)20-8-6-14(11-20)17-18-7-9-23-17/h2-5,7,9,14H,6,8,10-11H2,1H3,(H,19,21)/t14-/m0/s1. The van der Waals surface area contributed by atoms with E-state index in [-0.39, 0.29) is 11.8 Å². The summed E-state index contributed by atoms with van der Waals surface area (Å²) < 4.78 is 0. The van der Waals surface area contributed by atoms with Crippen LogP contribution in [0, 0.1) is 0 Å². The molecule has 2 amide bonds. The van der Waals surface area contributed by atoms with Gasteiger partial charge in [-0.25, -0.2) is 4.98 Å². The molecule has 2 aromatic rings. The van der Waals surface area contributed by atoms with E-state index in [1.807, 2.05) is 40.7 Å². The number of nitrogens with one attached hydrogen (secondary N) is 1. The number of carbonyl (C=O) groups is 2. The Labute approximate surface area is 139 Å². The molecule has 0 bridgehead atoms. The second-order valence-corrected chi connectivity index (χ2v) is 6.68. The second-order valence-electron chi connectivity index (χ2n) is 5.75. The lowest BCUT2D eigenvalue weighted by molar-refractivity contribution is -0.129. The maximum Gasteiger partial charge on any atom is 0.227 e. The number of benzene rings is 1. The summed E-state index contributed by atoms with van der Waals surface area (Å²) >= 11 is 1.66. The van der Waals surface area contributed by atoms with Crippen molar-refractivity contribution >= 4 is 28.8 Å². The fourth-order valence-electron chi connectivity index (χ4n) is 2.82. The lowest BCUT2D eigenvalue weighted by Gasteiger charge is -2.16. The van der Waals surface area contributed by atoms with Gasteiger partial charge in [-0.15, -0.1) is 11.3 Å². The van der Waals surface area contributed by atoms with Gasteiger partial charge < -0.3 is 10.2 Å². The molecule has 120 valence electrons. The Bertz CT molecular complexity index is 682. The average molecular weight is 329 g/mol. The molecule has 6 heteroatoms. The molecule has 1 N–H and O–H groups in total. The fraction of sp³-hybridized carbons (Fsp3) is 0.353. The number of hydrogen-bond acceptors (Lipinski definition) is 4. The van der Waals surface area contributed by atoms with Gasteiger partial charge >= 0.3 is 0 Å². The minimum atomic E-state index is -0.0980. The fourth-order valence-corrected chi connectivity index (χ4v) is 3.59. The number of anilines is 1. The zero-order chi connectivity index (χ0) is 16.2. The van der Waals surface area contributed by atoms with Crippen LogP contribution in [0.2, 0.25) is 0 Å². The Kier molecular flexibility index (Phi) is 4.71. The third-order valence-corrected chi connectivity index (χ3v) is 4.91. The van der Waals surface area contributed by atoms with Crippen LogP contribution in [0.1, 0.15) is 29.8 Å². The molecule has 5 nitrogen and oxygen atoms in total. The molecular formula is C17H19N3O2S. The number of aromatic nitrogens is 1. The number of carbonyl (C=O) groups excluding carboxylic acids is 2. The van der Waals surface area contributed by atoms with Crippen molar-refractivity contribution in [3.8, 4) is 0 Å². The van der Waals surface area contributed by atoms with Crippen molar-refractivity contribution in [2.75, 3.05) is 18.4 Å². The Balaban J connectivity index is 1.56. The maximum atomic E-state index is 12.4. The van der Waals surface area contributed by atoms with Gasteiger partial charge in [-0.2, -0.15) is 0 Å². The van der Waals surface area contributed by atoms with E-state index in [0.29, 0.717) is 12.3 Å². The Morgan fingerprint density at radius 1 is 1.35 bits per heavy atom. The van der Waals surface area contributed by atoms with Gasteiger partial charge in [0.25, 0.3) is 0 Å². The summed E-state index contributed by atoms with van der Waals surface area (Å²) in [5.41, 5.74) is 1.71. The van der Waals surface area contributed by atoms with E-state index in [2.05, 4.69) is 10.3 Å². The third-order valence-electron chi connectivity index (χ3n) is 3.97. The highest BCUT2D eigenvalue weighted by Crippen LogP contribution is 2.28. The smallest absolute Gasteiger partial charge is 0.227 e. The molecule has 3 rings (SSSR count). The van der Waals surface area contributed by atoms with Crippen LogP contribution < -0.4 is 5.32 Å². The molecule has 0 aliphatic carbocycles. The first-order valence-electron chi connectivity index (χ1n) is 7.65. The van der Waals surface area contributed by atoms with Crippen molar-refractivity contribution in [3.63, 3.8) is 0 Å². The Hall–Kier alpha value is -2.21. The number of thiazole rings is 1. The Morgan fingerprint density at radius 3 is 2.78 bits per heavy atom. The van der Waals surface area contributed by atoms with Crippen LogP contribution in [0.4, 0.5) is 5.69 Å². The normalized spacial score (nSPS) is 17.3. The molecule has 2 heterocycles. The molecule has 0 unspecified atom stereocenters. The first-order valence-corrected chi connectivity index (χ1v) is 8.53. The van der Waals surface area contributed by atoms with Gasteiger partial charge in [-0.05, 0) is 24.1 Å². The topological polar surface area (TPSA) is 62.3 Å². The van der Waals surface area contributed by atoms with Crippen molar-refractivity contribution in [1.29, 1.82) is 0 Å². The van der Waals surface area contributed by atoms with E-state index in [1.165, 1.54) is 6.92 Å². The van der Waals surface area contributed by atoms with Crippen LogP contribution >= 0.6 is 11.3 Å². The van der Waals surface area contributed by atoms with Crippen LogP contribution in [0.25, 0.3) is 0 Å². The van der Waals surface area contributed by atoms with Crippen LogP contribution in [0.5, 0.6) is 0 Å². The molecular weight excluding hydrogens is 310 g/mol. The summed E-state index contributed by atoms with van der Waals surface area (Å²) in [4.78, 5) is 29.7. The molecule has 23 heavy (non-hydrogen) atoms. The van der Waals surface area contributed by atoms with Crippen LogP contribution in [-0.2, 0) is 16.0 Å². The molecule has 0 saturated carbocycles. The lowest BCUT2D eigenvalue weighted by Crippen LogP contribution is -2.29. The first-order chi connectivity index (χ1) is 11.1. The molecule has 1 atom stereocenters. The highest BCUT2D eigenvalue weighted by atomic mass is 32.1. The van der Waals surface area contributed by atoms with E-state index < -0.39 is 0 Å². The molecule has 0 spiro atoms. The largest absolute Gasteiger partial charge is 0.342 e. The summed E-state index contributed by atoms with van der Waals surface area (Å²) in [6, 6.07) is 7.42.